The number of carboxylic acid groups (broad SMARTS) is 1. The van der Waals surface area contributed by atoms with Crippen LogP contribution in [0.5, 0.6) is 0 Å². The van der Waals surface area contributed by atoms with Crippen LogP contribution in [0.15, 0.2) is 48.5 Å². The van der Waals surface area contributed by atoms with E-state index >= 15 is 0 Å². The number of carbonyl (C=O) groups excluding carboxylic acids is 2. The number of carbonyl (C=O) groups is 3. The Hall–Kier alpha value is -3.72. The number of carboxylic acids is 1. The summed E-state index contributed by atoms with van der Waals surface area (Å²) < 4.78 is 5.50. The second kappa shape index (κ2) is 9.19. The van der Waals surface area contributed by atoms with Crippen molar-refractivity contribution in [3.05, 3.63) is 70.2 Å². The number of rotatable bonds is 7. The van der Waals surface area contributed by atoms with E-state index in [-0.39, 0.29) is 30.6 Å². The van der Waals surface area contributed by atoms with Crippen molar-refractivity contribution in [2.24, 2.45) is 0 Å². The van der Waals surface area contributed by atoms with Crippen LogP contribution in [-0.2, 0) is 9.53 Å². The van der Waals surface area contributed by atoms with Crippen molar-refractivity contribution in [2.45, 2.75) is 19.3 Å². The van der Waals surface area contributed by atoms with Gasteiger partial charge in [0.05, 0.1) is 12.1 Å². The van der Waals surface area contributed by atoms with Crippen LogP contribution in [0.2, 0.25) is 0 Å². The molecule has 1 aliphatic carbocycles. The predicted molar refractivity (Wildman–Crippen MR) is 120 cm³/mol. The Bertz CT molecular complexity index is 1140. The van der Waals surface area contributed by atoms with Gasteiger partial charge in [-0.3, -0.25) is 14.9 Å². The van der Waals surface area contributed by atoms with E-state index < -0.39 is 18.0 Å². The molecule has 32 heavy (non-hydrogen) atoms. The van der Waals surface area contributed by atoms with Gasteiger partial charge in [-0.15, -0.1) is 0 Å². The van der Waals surface area contributed by atoms with E-state index in [1.54, 1.807) is 6.92 Å². The Labute approximate surface area is 188 Å². The van der Waals surface area contributed by atoms with E-state index in [1.165, 1.54) is 0 Å². The number of hydrogen-bond acceptors (Lipinski definition) is 6. The Morgan fingerprint density at radius 2 is 1.69 bits per heavy atom. The summed E-state index contributed by atoms with van der Waals surface area (Å²) >= 11 is 1.01. The molecule has 0 atom stereocenters. The number of nitrogens with one attached hydrogen (secondary N) is 2. The highest BCUT2D eigenvalue weighted by molar-refractivity contribution is 7.17. The van der Waals surface area contributed by atoms with E-state index in [4.69, 9.17) is 9.84 Å². The molecule has 1 heterocycles. The number of thiazole rings is 1. The minimum absolute atomic E-state index is 0.0145. The Balaban J connectivity index is 1.38. The molecule has 9 heteroatoms. The van der Waals surface area contributed by atoms with Gasteiger partial charge in [-0.2, -0.15) is 0 Å². The predicted octanol–water partition coefficient (Wildman–Crippen LogP) is 4.02. The molecule has 1 aliphatic rings. The van der Waals surface area contributed by atoms with Crippen LogP contribution in [-0.4, -0.2) is 41.2 Å². The zero-order valence-electron chi connectivity index (χ0n) is 17.3. The summed E-state index contributed by atoms with van der Waals surface area (Å²) in [7, 11) is 0. The van der Waals surface area contributed by atoms with Gasteiger partial charge < -0.3 is 15.2 Å². The molecule has 0 saturated carbocycles. The van der Waals surface area contributed by atoms with Crippen LogP contribution < -0.4 is 10.6 Å². The molecule has 0 saturated heterocycles. The molecule has 3 N–H and O–H groups in total. The first kappa shape index (κ1) is 21.5. The van der Waals surface area contributed by atoms with Crippen molar-refractivity contribution in [3.63, 3.8) is 0 Å². The van der Waals surface area contributed by atoms with Gasteiger partial charge in [-0.1, -0.05) is 59.9 Å². The van der Waals surface area contributed by atoms with Gasteiger partial charge >= 0.3 is 12.1 Å². The van der Waals surface area contributed by atoms with Gasteiger partial charge in [0.25, 0.3) is 5.91 Å². The summed E-state index contributed by atoms with van der Waals surface area (Å²) in [6, 6.07) is 16.1. The highest BCUT2D eigenvalue weighted by Crippen LogP contribution is 2.44. The number of benzene rings is 2. The molecule has 0 spiro atoms. The zero-order valence-corrected chi connectivity index (χ0v) is 18.1. The van der Waals surface area contributed by atoms with Crippen LogP contribution in [0.1, 0.15) is 38.8 Å². The summed E-state index contributed by atoms with van der Waals surface area (Å²) in [6.07, 6.45) is -0.826. The van der Waals surface area contributed by atoms with E-state index in [1.807, 2.05) is 36.4 Å². The lowest BCUT2D eigenvalue weighted by molar-refractivity contribution is -0.136. The molecule has 164 valence electrons. The maximum absolute atomic E-state index is 12.4. The number of aliphatic carboxylic acids is 1. The summed E-state index contributed by atoms with van der Waals surface area (Å²) in [4.78, 5) is 39.7. The van der Waals surface area contributed by atoms with Crippen LogP contribution in [0.4, 0.5) is 9.93 Å². The van der Waals surface area contributed by atoms with E-state index in [0.717, 1.165) is 33.6 Å². The molecule has 4 rings (SSSR count). The first-order valence-electron chi connectivity index (χ1n) is 10.0. The molecule has 0 fully saturated rings. The molecule has 1 aromatic heterocycles. The fraction of sp³-hybridized carbons (Fsp3) is 0.217. The summed E-state index contributed by atoms with van der Waals surface area (Å²) in [6.45, 7) is 1.83. The number of nitrogens with zero attached hydrogens (tertiary/aromatic N) is 1. The lowest BCUT2D eigenvalue weighted by atomic mass is 9.98. The van der Waals surface area contributed by atoms with Crippen LogP contribution in [0.3, 0.4) is 0 Å². The third kappa shape index (κ3) is 4.47. The third-order valence-electron chi connectivity index (χ3n) is 5.18. The molecule has 2 amide bonds. The highest BCUT2D eigenvalue weighted by Gasteiger charge is 2.29. The van der Waals surface area contributed by atoms with Crippen molar-refractivity contribution in [2.75, 3.05) is 18.5 Å². The van der Waals surface area contributed by atoms with Gasteiger partial charge in [0, 0.05) is 12.5 Å². The lowest BCUT2D eigenvalue weighted by Gasteiger charge is -2.14. The SMILES string of the molecule is Cc1nc(NC(=O)OCC2c3ccccc3-c3ccccc32)sc1C(=O)NCCC(=O)O. The minimum Gasteiger partial charge on any atom is -0.481 e. The van der Waals surface area contributed by atoms with Crippen molar-refractivity contribution in [3.8, 4) is 11.1 Å². The Morgan fingerprint density at radius 3 is 2.31 bits per heavy atom. The van der Waals surface area contributed by atoms with Crippen molar-refractivity contribution >= 4 is 34.4 Å². The Kier molecular flexibility index (Phi) is 6.18. The number of ether oxygens (including phenoxy) is 1. The molecular weight excluding hydrogens is 430 g/mol. The molecule has 2 aromatic carbocycles. The maximum atomic E-state index is 12.4. The normalized spacial score (nSPS) is 12.0. The van der Waals surface area contributed by atoms with Gasteiger partial charge in [-0.05, 0) is 29.2 Å². The molecule has 0 radical (unpaired) electrons. The lowest BCUT2D eigenvalue weighted by Crippen LogP contribution is -2.25. The summed E-state index contributed by atoms with van der Waals surface area (Å²) in [5, 5.41) is 14.0. The number of fused-ring (bicyclic) bond motifs is 3. The topological polar surface area (TPSA) is 118 Å². The van der Waals surface area contributed by atoms with Crippen LogP contribution in [0, 0.1) is 6.92 Å². The van der Waals surface area contributed by atoms with Gasteiger partial charge in [0.1, 0.15) is 11.5 Å². The maximum Gasteiger partial charge on any atom is 0.413 e. The molecule has 8 nitrogen and oxygen atoms in total. The third-order valence-corrected chi connectivity index (χ3v) is 6.25. The van der Waals surface area contributed by atoms with Gasteiger partial charge in [0.2, 0.25) is 0 Å². The van der Waals surface area contributed by atoms with Crippen LogP contribution in [0.25, 0.3) is 11.1 Å². The molecule has 0 bridgehead atoms. The smallest absolute Gasteiger partial charge is 0.413 e. The summed E-state index contributed by atoms with van der Waals surface area (Å²) in [5.41, 5.74) is 4.97. The van der Waals surface area contributed by atoms with Crippen molar-refractivity contribution < 1.29 is 24.2 Å². The average molecular weight is 452 g/mol. The quantitative estimate of drug-likeness (QED) is 0.499. The standard InChI is InChI=1S/C23H21N3O5S/c1-13-20(21(29)24-11-10-19(27)28)32-22(25-13)26-23(30)31-12-18-16-8-4-2-6-14(16)15-7-3-5-9-17(15)18/h2-9,18H,10-12H2,1H3,(H,24,29)(H,27,28)(H,25,26,30). The second-order valence-electron chi connectivity index (χ2n) is 7.28. The van der Waals surface area contributed by atoms with Gasteiger partial charge in [-0.25, -0.2) is 9.78 Å². The number of aromatic nitrogens is 1. The number of hydrogen-bond donors (Lipinski definition) is 3. The van der Waals surface area contributed by atoms with Crippen molar-refractivity contribution in [1.82, 2.24) is 10.3 Å². The molecule has 3 aromatic rings. The largest absolute Gasteiger partial charge is 0.481 e. The number of amides is 2. The zero-order chi connectivity index (χ0) is 22.7. The number of aryl methyl sites for hydroxylation is 1. The number of anilines is 1. The first-order chi connectivity index (χ1) is 15.4. The summed E-state index contributed by atoms with van der Waals surface area (Å²) in [5.74, 6) is -1.48. The van der Waals surface area contributed by atoms with E-state index in [0.29, 0.717) is 10.6 Å². The van der Waals surface area contributed by atoms with E-state index in [9.17, 15) is 14.4 Å². The van der Waals surface area contributed by atoms with E-state index in [2.05, 4.69) is 27.8 Å². The monoisotopic (exact) mass is 451 g/mol. The molecular formula is C23H21N3O5S. The fourth-order valence-electron chi connectivity index (χ4n) is 3.75. The van der Waals surface area contributed by atoms with Crippen molar-refractivity contribution in [1.29, 1.82) is 0 Å². The highest BCUT2D eigenvalue weighted by atomic mass is 32.1. The van der Waals surface area contributed by atoms with Crippen LogP contribution >= 0.6 is 11.3 Å². The molecule has 0 unspecified atom stereocenters. The van der Waals surface area contributed by atoms with Gasteiger partial charge in [0.15, 0.2) is 5.13 Å². The Morgan fingerprint density at radius 1 is 1.06 bits per heavy atom. The fourth-order valence-corrected chi connectivity index (χ4v) is 4.61. The first-order valence-corrected chi connectivity index (χ1v) is 10.8. The average Bonchev–Trinajstić information content (AvgIpc) is 3.29. The molecule has 0 aliphatic heterocycles. The minimum atomic E-state index is -0.996. The second-order valence-corrected chi connectivity index (χ2v) is 8.28.